The second-order valence-electron chi connectivity index (χ2n) is 6.93. The molecular weight excluding hydrogens is 425 g/mol. The molecule has 3 rings (SSSR count). The zero-order valence-electron chi connectivity index (χ0n) is 16.9. The molecule has 3 aromatic rings. The second kappa shape index (κ2) is 9.51. The van der Waals surface area contributed by atoms with Crippen LogP contribution in [0.25, 0.3) is 5.69 Å². The maximum atomic E-state index is 12.5. The summed E-state index contributed by atoms with van der Waals surface area (Å²) in [5.74, 6) is 0.509. The average molecular weight is 448 g/mol. The number of aryl methyl sites for hydroxylation is 1. The van der Waals surface area contributed by atoms with Crippen molar-refractivity contribution in [2.24, 2.45) is 0 Å². The SMILES string of the molecule is COc1ccc(C(O)CNC(=O)Cc2c(C)nn(-c3ccc(Cl)cc3Cl)c2C)cc1. The van der Waals surface area contributed by atoms with E-state index in [-0.39, 0.29) is 18.9 Å². The maximum absolute atomic E-state index is 12.5. The molecule has 0 radical (unpaired) electrons. The third-order valence-electron chi connectivity index (χ3n) is 4.91. The van der Waals surface area contributed by atoms with Crippen LogP contribution in [0.5, 0.6) is 5.75 Å². The van der Waals surface area contributed by atoms with Gasteiger partial charge in [-0.2, -0.15) is 5.10 Å². The minimum atomic E-state index is -0.808. The van der Waals surface area contributed by atoms with Gasteiger partial charge in [0.25, 0.3) is 0 Å². The molecule has 6 nitrogen and oxygen atoms in total. The van der Waals surface area contributed by atoms with Crippen LogP contribution in [0.2, 0.25) is 10.0 Å². The van der Waals surface area contributed by atoms with Crippen LogP contribution in [-0.2, 0) is 11.2 Å². The first-order chi connectivity index (χ1) is 14.3. The first kappa shape index (κ1) is 22.2. The summed E-state index contributed by atoms with van der Waals surface area (Å²) in [6.45, 7) is 3.85. The molecule has 158 valence electrons. The average Bonchev–Trinajstić information content (AvgIpc) is 3.00. The van der Waals surface area contributed by atoms with Crippen LogP contribution in [0.4, 0.5) is 0 Å². The van der Waals surface area contributed by atoms with Crippen molar-refractivity contribution in [1.82, 2.24) is 15.1 Å². The number of benzene rings is 2. The largest absolute Gasteiger partial charge is 0.497 e. The minimum Gasteiger partial charge on any atom is -0.497 e. The lowest BCUT2D eigenvalue weighted by Gasteiger charge is -2.13. The molecule has 2 N–H and O–H groups in total. The topological polar surface area (TPSA) is 76.4 Å². The van der Waals surface area contributed by atoms with Crippen molar-refractivity contribution < 1.29 is 14.6 Å². The molecule has 0 aliphatic heterocycles. The van der Waals surface area contributed by atoms with Gasteiger partial charge in [-0.3, -0.25) is 4.79 Å². The second-order valence-corrected chi connectivity index (χ2v) is 7.77. The number of hydrogen-bond acceptors (Lipinski definition) is 4. The van der Waals surface area contributed by atoms with Gasteiger partial charge in [-0.05, 0) is 49.7 Å². The Labute approximate surface area is 185 Å². The Kier molecular flexibility index (Phi) is 7.02. The van der Waals surface area contributed by atoms with E-state index < -0.39 is 6.10 Å². The molecule has 0 bridgehead atoms. The molecule has 1 unspecified atom stereocenters. The van der Waals surface area contributed by atoms with Gasteiger partial charge in [-0.15, -0.1) is 0 Å². The predicted molar refractivity (Wildman–Crippen MR) is 118 cm³/mol. The molecule has 2 aromatic carbocycles. The fourth-order valence-electron chi connectivity index (χ4n) is 3.20. The molecule has 0 fully saturated rings. The number of amides is 1. The number of aliphatic hydroxyl groups excluding tert-OH is 1. The van der Waals surface area contributed by atoms with Gasteiger partial charge >= 0.3 is 0 Å². The molecule has 30 heavy (non-hydrogen) atoms. The van der Waals surface area contributed by atoms with Crippen molar-refractivity contribution in [1.29, 1.82) is 0 Å². The minimum absolute atomic E-state index is 0.112. The van der Waals surface area contributed by atoms with Crippen molar-refractivity contribution >= 4 is 29.1 Å². The number of halogens is 2. The van der Waals surface area contributed by atoms with Crippen LogP contribution in [-0.4, -0.2) is 34.4 Å². The van der Waals surface area contributed by atoms with Crippen LogP contribution in [0.3, 0.4) is 0 Å². The van der Waals surface area contributed by atoms with Crippen molar-refractivity contribution in [3.8, 4) is 11.4 Å². The summed E-state index contributed by atoms with van der Waals surface area (Å²) in [6, 6.07) is 12.3. The van der Waals surface area contributed by atoms with Gasteiger partial charge in [0.1, 0.15) is 5.75 Å². The summed E-state index contributed by atoms with van der Waals surface area (Å²) < 4.78 is 6.82. The number of nitrogens with one attached hydrogen (secondary N) is 1. The smallest absolute Gasteiger partial charge is 0.224 e. The van der Waals surface area contributed by atoms with Crippen LogP contribution >= 0.6 is 23.2 Å². The quantitative estimate of drug-likeness (QED) is 0.568. The Morgan fingerprint density at radius 1 is 1.20 bits per heavy atom. The molecule has 8 heteroatoms. The van der Waals surface area contributed by atoms with Crippen LogP contribution in [0.1, 0.15) is 28.6 Å². The molecule has 0 spiro atoms. The first-order valence-electron chi connectivity index (χ1n) is 9.39. The molecule has 0 saturated carbocycles. The molecule has 0 saturated heterocycles. The summed E-state index contributed by atoms with van der Waals surface area (Å²) >= 11 is 12.3. The molecule has 0 aliphatic carbocycles. The van der Waals surface area contributed by atoms with E-state index in [1.54, 1.807) is 54.3 Å². The van der Waals surface area contributed by atoms with Gasteiger partial charge in [-0.1, -0.05) is 35.3 Å². The Balaban J connectivity index is 1.67. The number of carbonyl (C=O) groups excluding carboxylic acids is 1. The number of nitrogens with zero attached hydrogens (tertiary/aromatic N) is 2. The van der Waals surface area contributed by atoms with Gasteiger partial charge in [0.2, 0.25) is 5.91 Å². The van der Waals surface area contributed by atoms with Crippen LogP contribution in [0, 0.1) is 13.8 Å². The molecule has 0 aliphatic rings. The molecule has 1 amide bonds. The molecule has 1 aromatic heterocycles. The summed E-state index contributed by atoms with van der Waals surface area (Å²) in [5, 5.41) is 18.6. The number of ether oxygens (including phenoxy) is 1. The fraction of sp³-hybridized carbons (Fsp3) is 0.273. The highest BCUT2D eigenvalue weighted by Crippen LogP contribution is 2.27. The van der Waals surface area contributed by atoms with Gasteiger partial charge in [0.15, 0.2) is 0 Å². The van der Waals surface area contributed by atoms with Gasteiger partial charge < -0.3 is 15.2 Å². The third-order valence-corrected chi connectivity index (χ3v) is 5.45. The number of methoxy groups -OCH3 is 1. The first-order valence-corrected chi connectivity index (χ1v) is 10.1. The molecule has 1 atom stereocenters. The lowest BCUT2D eigenvalue weighted by atomic mass is 10.1. The van der Waals surface area contributed by atoms with E-state index in [9.17, 15) is 9.90 Å². The van der Waals surface area contributed by atoms with E-state index >= 15 is 0 Å². The molecular formula is C22H23Cl2N3O3. The normalized spacial score (nSPS) is 11.9. The van der Waals surface area contributed by atoms with E-state index in [4.69, 9.17) is 27.9 Å². The van der Waals surface area contributed by atoms with E-state index in [1.165, 1.54) is 0 Å². The summed E-state index contributed by atoms with van der Waals surface area (Å²) in [5.41, 5.74) is 3.78. The highest BCUT2D eigenvalue weighted by atomic mass is 35.5. The monoisotopic (exact) mass is 447 g/mol. The van der Waals surface area contributed by atoms with E-state index in [2.05, 4.69) is 10.4 Å². The number of aromatic nitrogens is 2. The number of carbonyl (C=O) groups is 1. The van der Waals surface area contributed by atoms with Crippen molar-refractivity contribution in [2.75, 3.05) is 13.7 Å². The number of rotatable bonds is 7. The van der Waals surface area contributed by atoms with Crippen molar-refractivity contribution in [3.05, 3.63) is 75.0 Å². The van der Waals surface area contributed by atoms with Crippen LogP contribution in [0.15, 0.2) is 42.5 Å². The lowest BCUT2D eigenvalue weighted by Crippen LogP contribution is -2.30. The van der Waals surface area contributed by atoms with E-state index in [0.717, 1.165) is 17.0 Å². The Morgan fingerprint density at radius 3 is 2.53 bits per heavy atom. The van der Waals surface area contributed by atoms with E-state index in [0.29, 0.717) is 27.0 Å². The highest BCUT2D eigenvalue weighted by Gasteiger charge is 2.18. The number of aliphatic hydroxyl groups is 1. The van der Waals surface area contributed by atoms with Gasteiger partial charge in [-0.25, -0.2) is 4.68 Å². The summed E-state index contributed by atoms with van der Waals surface area (Å²) in [6.07, 6.45) is -0.657. The third kappa shape index (κ3) is 4.95. The standard InChI is InChI=1S/C22H23Cl2N3O3/c1-13-18(14(2)27(26-13)20-9-6-16(23)10-19(20)24)11-22(29)25-12-21(28)15-4-7-17(30-3)8-5-15/h4-10,21,28H,11-12H2,1-3H3,(H,25,29). The van der Waals surface area contributed by atoms with Gasteiger partial charge in [0, 0.05) is 22.8 Å². The van der Waals surface area contributed by atoms with Gasteiger partial charge in [0.05, 0.1) is 36.0 Å². The van der Waals surface area contributed by atoms with Crippen LogP contribution < -0.4 is 10.1 Å². The van der Waals surface area contributed by atoms with Crippen molar-refractivity contribution in [3.63, 3.8) is 0 Å². The fourth-order valence-corrected chi connectivity index (χ4v) is 3.68. The van der Waals surface area contributed by atoms with Crippen molar-refractivity contribution in [2.45, 2.75) is 26.4 Å². The Bertz CT molecular complexity index is 1050. The summed E-state index contributed by atoms with van der Waals surface area (Å²) in [4.78, 5) is 12.5. The Morgan fingerprint density at radius 2 is 1.90 bits per heavy atom. The Hall–Kier alpha value is -2.54. The zero-order valence-corrected chi connectivity index (χ0v) is 18.5. The molecule has 1 heterocycles. The summed E-state index contributed by atoms with van der Waals surface area (Å²) in [7, 11) is 1.58. The predicted octanol–water partition coefficient (Wildman–Crippen LogP) is 4.20. The highest BCUT2D eigenvalue weighted by molar-refractivity contribution is 6.35. The lowest BCUT2D eigenvalue weighted by molar-refractivity contribution is -0.120. The maximum Gasteiger partial charge on any atom is 0.224 e. The number of hydrogen-bond donors (Lipinski definition) is 2. The van der Waals surface area contributed by atoms with E-state index in [1.807, 2.05) is 13.8 Å². The zero-order chi connectivity index (χ0) is 21.8.